The first-order chi connectivity index (χ1) is 9.51. The number of carbonyl (C=O) groups is 1. The van der Waals surface area contributed by atoms with E-state index in [-0.39, 0.29) is 10.9 Å². The first kappa shape index (κ1) is 14.8. The van der Waals surface area contributed by atoms with Crippen molar-refractivity contribution >= 4 is 22.1 Å². The van der Waals surface area contributed by atoms with Crippen molar-refractivity contribution in [2.45, 2.75) is 23.8 Å². The second-order valence-electron chi connectivity index (χ2n) is 4.71. The summed E-state index contributed by atoms with van der Waals surface area (Å²) in [6.07, 6.45) is 2.10. The topological polar surface area (TPSA) is 105 Å². The lowest BCUT2D eigenvalue weighted by Gasteiger charge is -2.31. The summed E-state index contributed by atoms with van der Waals surface area (Å²) in [4.78, 5) is 13.1. The first-order valence-electron chi connectivity index (χ1n) is 6.34. The van der Waals surface area contributed by atoms with E-state index >= 15 is 0 Å². The van der Waals surface area contributed by atoms with Crippen LogP contribution in [0.1, 0.15) is 12.8 Å². The molecule has 20 heavy (non-hydrogen) atoms. The lowest BCUT2D eigenvalue weighted by atomic mass is 10.1. The highest BCUT2D eigenvalue weighted by molar-refractivity contribution is 7.89. The van der Waals surface area contributed by atoms with Crippen molar-refractivity contribution in [3.8, 4) is 0 Å². The molecular weight excluding hydrogens is 280 g/mol. The first-order valence-corrected chi connectivity index (χ1v) is 7.82. The molecule has 1 heterocycles. The molecule has 1 amide bonds. The lowest BCUT2D eigenvalue weighted by Crippen LogP contribution is -2.49. The van der Waals surface area contributed by atoms with Gasteiger partial charge < -0.3 is 11.1 Å². The Morgan fingerprint density at radius 2 is 1.80 bits per heavy atom. The van der Waals surface area contributed by atoms with Crippen molar-refractivity contribution in [2.24, 2.45) is 0 Å². The average Bonchev–Trinajstić information content (AvgIpc) is 2.41. The highest BCUT2D eigenvalue weighted by atomic mass is 32.2. The molecule has 0 aliphatic carbocycles. The predicted molar refractivity (Wildman–Crippen MR) is 75.0 cm³/mol. The monoisotopic (exact) mass is 298 g/mol. The molecule has 1 fully saturated rings. The Morgan fingerprint density at radius 1 is 1.20 bits per heavy atom. The lowest BCUT2D eigenvalue weighted by molar-refractivity contribution is -0.110. The third-order valence-corrected chi connectivity index (χ3v) is 4.63. The Balaban J connectivity index is 1.96. The molecule has 0 saturated carbocycles. The molecule has 0 radical (unpaired) electrons. The molecule has 1 aromatic rings. The van der Waals surface area contributed by atoms with Crippen molar-refractivity contribution in [1.29, 1.82) is 0 Å². The molecule has 0 unspecified atom stereocenters. The Morgan fingerprint density at radius 3 is 2.35 bits per heavy atom. The van der Waals surface area contributed by atoms with Crippen molar-refractivity contribution in [1.82, 2.24) is 15.2 Å². The Labute approximate surface area is 118 Å². The van der Waals surface area contributed by atoms with Gasteiger partial charge in [0.2, 0.25) is 6.41 Å². The molecule has 1 aliphatic heterocycles. The minimum Gasteiger partial charge on any atom is -0.399 e. The van der Waals surface area contributed by atoms with Crippen LogP contribution in [0, 0.1) is 0 Å². The highest BCUT2D eigenvalue weighted by Gasteiger charge is 2.23. The van der Waals surface area contributed by atoms with Crippen LogP contribution in [-0.4, -0.2) is 39.0 Å². The zero-order valence-corrected chi connectivity index (χ0v) is 11.8. The number of anilines is 1. The van der Waals surface area contributed by atoms with Crippen LogP contribution in [0.15, 0.2) is 29.2 Å². The summed E-state index contributed by atoms with van der Waals surface area (Å²) in [6.45, 7) is 1.11. The number of benzene rings is 1. The molecule has 7 nitrogen and oxygen atoms in total. The maximum Gasteiger partial charge on any atom is 0.253 e. The number of rotatable bonds is 5. The summed E-state index contributed by atoms with van der Waals surface area (Å²) >= 11 is 0. The van der Waals surface area contributed by atoms with Gasteiger partial charge in [0, 0.05) is 24.8 Å². The number of hydrogen-bond acceptors (Lipinski definition) is 5. The molecule has 0 spiro atoms. The summed E-state index contributed by atoms with van der Waals surface area (Å²) in [5.41, 5.74) is 6.06. The average molecular weight is 298 g/mol. The van der Waals surface area contributed by atoms with Gasteiger partial charge in [0.25, 0.3) is 10.0 Å². The zero-order chi connectivity index (χ0) is 14.6. The summed E-state index contributed by atoms with van der Waals surface area (Å²) < 4.78 is 24.3. The fraction of sp³-hybridized carbons (Fsp3) is 0.417. The van der Waals surface area contributed by atoms with E-state index in [1.165, 1.54) is 12.1 Å². The van der Waals surface area contributed by atoms with Crippen LogP contribution >= 0.6 is 0 Å². The number of piperidine rings is 1. The number of amides is 1. The van der Waals surface area contributed by atoms with Crippen LogP contribution in [0.2, 0.25) is 0 Å². The molecule has 4 N–H and O–H groups in total. The Bertz CT molecular complexity index is 551. The molecule has 0 aromatic heterocycles. The van der Waals surface area contributed by atoms with E-state index in [0.717, 1.165) is 0 Å². The minimum absolute atomic E-state index is 0.116. The van der Waals surface area contributed by atoms with E-state index in [1.807, 2.05) is 0 Å². The molecule has 8 heteroatoms. The van der Waals surface area contributed by atoms with E-state index in [1.54, 1.807) is 17.1 Å². The maximum absolute atomic E-state index is 12.2. The number of nitrogens with two attached hydrogens (primary N) is 1. The smallest absolute Gasteiger partial charge is 0.253 e. The van der Waals surface area contributed by atoms with E-state index in [0.29, 0.717) is 38.0 Å². The quantitative estimate of drug-likeness (QED) is 0.510. The van der Waals surface area contributed by atoms with Crippen molar-refractivity contribution < 1.29 is 13.2 Å². The third kappa shape index (κ3) is 3.69. The van der Waals surface area contributed by atoms with Gasteiger partial charge in [-0.05, 0) is 37.1 Å². The Hall–Kier alpha value is -1.64. The van der Waals surface area contributed by atoms with E-state index < -0.39 is 10.0 Å². The molecule has 1 aromatic carbocycles. The highest BCUT2D eigenvalue weighted by Crippen LogP contribution is 2.14. The fourth-order valence-electron chi connectivity index (χ4n) is 2.10. The third-order valence-electron chi connectivity index (χ3n) is 3.24. The second-order valence-corrected chi connectivity index (χ2v) is 6.37. The molecule has 0 atom stereocenters. The number of hydrazine groups is 1. The van der Waals surface area contributed by atoms with Crippen LogP contribution in [0.4, 0.5) is 5.69 Å². The number of nitrogens with zero attached hydrogens (tertiary/aromatic N) is 1. The number of sulfonamides is 1. The largest absolute Gasteiger partial charge is 0.399 e. The minimum atomic E-state index is -3.58. The van der Waals surface area contributed by atoms with Gasteiger partial charge >= 0.3 is 0 Å². The normalized spacial score (nSPS) is 17.8. The summed E-state index contributed by atoms with van der Waals surface area (Å²) in [5, 5.41) is 4.35. The number of nitrogen functional groups attached to an aromatic ring is 1. The maximum atomic E-state index is 12.2. The molecule has 0 bridgehead atoms. The van der Waals surface area contributed by atoms with Crippen LogP contribution in [-0.2, 0) is 14.8 Å². The molecule has 1 saturated heterocycles. The van der Waals surface area contributed by atoms with E-state index in [2.05, 4.69) is 10.1 Å². The van der Waals surface area contributed by atoms with Crippen molar-refractivity contribution in [2.75, 3.05) is 18.8 Å². The van der Waals surface area contributed by atoms with Gasteiger partial charge in [-0.1, -0.05) is 0 Å². The van der Waals surface area contributed by atoms with Gasteiger partial charge in [-0.2, -0.15) is 0 Å². The van der Waals surface area contributed by atoms with Crippen LogP contribution < -0.4 is 15.9 Å². The SMILES string of the molecule is Nc1ccc(S(=O)(=O)NN2CCC(NC=O)CC2)cc1. The molecule has 2 rings (SSSR count). The molecule has 110 valence electrons. The summed E-state index contributed by atoms with van der Waals surface area (Å²) in [6, 6.07) is 6.16. The fourth-order valence-corrected chi connectivity index (χ4v) is 3.23. The number of nitrogens with one attached hydrogen (secondary N) is 2. The van der Waals surface area contributed by atoms with Crippen LogP contribution in [0.5, 0.6) is 0 Å². The van der Waals surface area contributed by atoms with Gasteiger partial charge in [0.15, 0.2) is 0 Å². The van der Waals surface area contributed by atoms with Crippen LogP contribution in [0.3, 0.4) is 0 Å². The predicted octanol–water partition coefficient (Wildman–Crippen LogP) is -0.327. The van der Waals surface area contributed by atoms with Gasteiger partial charge in [0.1, 0.15) is 0 Å². The van der Waals surface area contributed by atoms with Crippen LogP contribution in [0.25, 0.3) is 0 Å². The second kappa shape index (κ2) is 6.21. The summed E-state index contributed by atoms with van der Waals surface area (Å²) in [5.74, 6) is 0. The molecule has 1 aliphatic rings. The Kier molecular flexibility index (Phi) is 4.58. The van der Waals surface area contributed by atoms with E-state index in [9.17, 15) is 13.2 Å². The van der Waals surface area contributed by atoms with Crippen molar-refractivity contribution in [3.05, 3.63) is 24.3 Å². The zero-order valence-electron chi connectivity index (χ0n) is 11.0. The van der Waals surface area contributed by atoms with E-state index in [4.69, 9.17) is 5.73 Å². The van der Waals surface area contributed by atoms with Gasteiger partial charge in [-0.3, -0.25) is 4.79 Å². The van der Waals surface area contributed by atoms with Gasteiger partial charge in [-0.25, -0.2) is 13.4 Å². The van der Waals surface area contributed by atoms with Crippen molar-refractivity contribution in [3.63, 3.8) is 0 Å². The number of hydrogen-bond donors (Lipinski definition) is 3. The number of carbonyl (C=O) groups excluding carboxylic acids is 1. The van der Waals surface area contributed by atoms with Gasteiger partial charge in [-0.15, -0.1) is 4.83 Å². The standard InChI is InChI=1S/C12H18N4O3S/c13-10-1-3-12(4-2-10)20(18,19)15-16-7-5-11(6-8-16)14-9-17/h1-4,9,11,15H,5-8,13H2,(H,14,17). The summed E-state index contributed by atoms with van der Waals surface area (Å²) in [7, 11) is -3.58. The molecular formula is C12H18N4O3S. The van der Waals surface area contributed by atoms with Gasteiger partial charge in [0.05, 0.1) is 4.90 Å².